The molecule has 1 heterocycles. The van der Waals surface area contributed by atoms with Crippen LogP contribution < -0.4 is 5.32 Å². The third-order valence-electron chi connectivity index (χ3n) is 15.4. The molecule has 7 atom stereocenters. The molecule has 0 bridgehead atoms. The van der Waals surface area contributed by atoms with Gasteiger partial charge in [0.2, 0.25) is 5.91 Å². The van der Waals surface area contributed by atoms with Crippen LogP contribution in [-0.2, 0) is 14.3 Å². The van der Waals surface area contributed by atoms with Crippen LogP contribution in [0.15, 0.2) is 109 Å². The van der Waals surface area contributed by atoms with Crippen LogP contribution in [0.5, 0.6) is 0 Å². The number of carbonyl (C=O) groups is 1. The number of hydrogen-bond donors (Lipinski definition) is 6. The number of unbranched alkanes of at least 4 members (excludes halogenated alkanes) is 29. The van der Waals surface area contributed by atoms with Gasteiger partial charge in [-0.1, -0.05) is 309 Å². The van der Waals surface area contributed by atoms with Crippen molar-refractivity contribution in [3.05, 3.63) is 109 Å². The number of hydrogen-bond acceptors (Lipinski definition) is 8. The Morgan fingerprint density at radius 3 is 1.09 bits per heavy atom. The second kappa shape index (κ2) is 60.0. The Balaban J connectivity index is 2.21. The molecule has 1 fully saturated rings. The maximum Gasteiger partial charge on any atom is 0.220 e. The minimum atomic E-state index is -1.57. The zero-order chi connectivity index (χ0) is 58.6. The standard InChI is InChI=1S/C72H125NO8/c1-3-5-7-9-11-13-15-17-19-21-23-25-27-29-31-33-35-37-39-41-43-45-47-49-51-53-55-57-59-61-66(75)65(64-80-72-71(79)70(78)69(77)67(63-74)81-72)73-68(76)62-60-58-56-54-52-50-48-46-44-42-40-38-36-34-32-30-28-26-24-22-20-18-16-14-12-10-8-6-4-2/h6,8,12,14,18,20,24,26,30,32,36,38,42,44,48,50,54,56,65-67,69-72,74-75,77-79H,3-5,7,9-11,13,15-17,19,21-23,25,27-29,31,33-35,37,39-41,43,45-47,49,51-53,55,57-64H2,1-2H3,(H,73,76)/b8-6-,14-12-,20-18-,26-24-,32-30-,38-36-,44-42-,50-48-,56-54-. The number of aliphatic hydroxyl groups is 5. The summed E-state index contributed by atoms with van der Waals surface area (Å²) in [4.78, 5) is 13.1. The summed E-state index contributed by atoms with van der Waals surface area (Å²) in [6.07, 6.45) is 81.5. The summed E-state index contributed by atoms with van der Waals surface area (Å²) in [5.41, 5.74) is 0. The van der Waals surface area contributed by atoms with Crippen LogP contribution in [-0.4, -0.2) is 87.5 Å². The van der Waals surface area contributed by atoms with Gasteiger partial charge in [-0.05, 0) is 77.0 Å². The third kappa shape index (κ3) is 48.9. The zero-order valence-electron chi connectivity index (χ0n) is 52.0. The van der Waals surface area contributed by atoms with Crippen molar-refractivity contribution in [3.8, 4) is 0 Å². The minimum absolute atomic E-state index is 0.168. The molecular weight excluding hydrogens is 1010 g/mol. The topological polar surface area (TPSA) is 149 Å². The first kappa shape index (κ1) is 75.9. The first-order chi connectivity index (χ1) is 39.8. The molecule has 9 nitrogen and oxygen atoms in total. The van der Waals surface area contributed by atoms with Gasteiger partial charge in [0.15, 0.2) is 6.29 Å². The second-order valence-electron chi connectivity index (χ2n) is 22.9. The van der Waals surface area contributed by atoms with Gasteiger partial charge in [-0.25, -0.2) is 0 Å². The molecule has 0 radical (unpaired) electrons. The minimum Gasteiger partial charge on any atom is -0.394 e. The van der Waals surface area contributed by atoms with Gasteiger partial charge in [0.05, 0.1) is 25.4 Å². The summed E-state index contributed by atoms with van der Waals surface area (Å²) in [5, 5.41) is 54.8. The molecule has 81 heavy (non-hydrogen) atoms. The van der Waals surface area contributed by atoms with E-state index < -0.39 is 49.5 Å². The lowest BCUT2D eigenvalue weighted by molar-refractivity contribution is -0.302. The highest BCUT2D eigenvalue weighted by atomic mass is 16.7. The smallest absolute Gasteiger partial charge is 0.220 e. The van der Waals surface area contributed by atoms with Gasteiger partial charge in [-0.2, -0.15) is 0 Å². The van der Waals surface area contributed by atoms with E-state index in [9.17, 15) is 30.3 Å². The Hall–Kier alpha value is -3.15. The number of aliphatic hydroxyl groups excluding tert-OH is 5. The highest BCUT2D eigenvalue weighted by Gasteiger charge is 2.44. The van der Waals surface area contributed by atoms with E-state index in [4.69, 9.17) is 9.47 Å². The summed E-state index contributed by atoms with van der Waals surface area (Å²) >= 11 is 0. The molecule has 0 spiro atoms. The molecule has 9 heteroatoms. The summed E-state index contributed by atoms with van der Waals surface area (Å²) in [6, 6.07) is -0.760. The average Bonchev–Trinajstić information content (AvgIpc) is 3.51. The summed E-state index contributed by atoms with van der Waals surface area (Å²) < 4.78 is 11.3. The molecule has 6 N–H and O–H groups in total. The largest absolute Gasteiger partial charge is 0.394 e. The molecule has 1 aliphatic rings. The molecule has 0 aliphatic carbocycles. The SMILES string of the molecule is CC/C=C\C/C=C\C/C=C\C/C=C\C/C=C\C/C=C\C/C=C\C/C=C\C/C=C\CCCC(=O)NC(COC1OC(CO)C(O)C(O)C1O)C(O)CCCCCCCCCCCCCCCCCCCCCCCCCCCCCCC. The van der Waals surface area contributed by atoms with Crippen molar-refractivity contribution in [3.63, 3.8) is 0 Å². The Kier molecular flexibility index (Phi) is 56.2. The van der Waals surface area contributed by atoms with Crippen LogP contribution >= 0.6 is 0 Å². The molecule has 1 aliphatic heterocycles. The van der Waals surface area contributed by atoms with Crippen LogP contribution in [0.25, 0.3) is 0 Å². The molecule has 1 amide bonds. The van der Waals surface area contributed by atoms with Crippen LogP contribution in [0.2, 0.25) is 0 Å². The van der Waals surface area contributed by atoms with E-state index >= 15 is 0 Å². The van der Waals surface area contributed by atoms with Gasteiger partial charge in [0.25, 0.3) is 0 Å². The highest BCUT2D eigenvalue weighted by Crippen LogP contribution is 2.23. The summed E-state index contributed by atoms with van der Waals surface area (Å²) in [5.74, 6) is -0.203. The Bertz CT molecular complexity index is 1640. The van der Waals surface area contributed by atoms with E-state index in [1.165, 1.54) is 167 Å². The summed E-state index contributed by atoms with van der Waals surface area (Å²) in [7, 11) is 0. The number of nitrogens with one attached hydrogen (secondary N) is 1. The lowest BCUT2D eigenvalue weighted by Gasteiger charge is -2.40. The first-order valence-corrected chi connectivity index (χ1v) is 33.6. The van der Waals surface area contributed by atoms with Gasteiger partial charge in [0, 0.05) is 6.42 Å². The molecule has 0 aromatic rings. The molecule has 0 aromatic carbocycles. The predicted octanol–water partition coefficient (Wildman–Crippen LogP) is 18.1. The maximum absolute atomic E-state index is 13.1. The number of allylic oxidation sites excluding steroid dienone is 18. The fraction of sp³-hybridized carbons (Fsp3) is 0.736. The highest BCUT2D eigenvalue weighted by molar-refractivity contribution is 5.76. The van der Waals surface area contributed by atoms with E-state index in [-0.39, 0.29) is 18.9 Å². The summed E-state index contributed by atoms with van der Waals surface area (Å²) in [6.45, 7) is 3.71. The van der Waals surface area contributed by atoms with Crippen LogP contribution in [0.3, 0.4) is 0 Å². The van der Waals surface area contributed by atoms with E-state index in [2.05, 4.69) is 129 Å². The van der Waals surface area contributed by atoms with Crippen LogP contribution in [0, 0.1) is 0 Å². The monoisotopic (exact) mass is 1130 g/mol. The van der Waals surface area contributed by atoms with Crippen LogP contribution in [0.4, 0.5) is 0 Å². The van der Waals surface area contributed by atoms with Gasteiger partial charge >= 0.3 is 0 Å². The normalized spacial score (nSPS) is 19.1. The van der Waals surface area contributed by atoms with Crippen molar-refractivity contribution in [2.45, 2.75) is 326 Å². The van der Waals surface area contributed by atoms with E-state index in [1.807, 2.05) is 0 Å². The molecule has 1 saturated heterocycles. The fourth-order valence-corrected chi connectivity index (χ4v) is 10.2. The van der Waals surface area contributed by atoms with E-state index in [0.717, 1.165) is 83.5 Å². The number of rotatable bonds is 57. The van der Waals surface area contributed by atoms with Gasteiger partial charge < -0.3 is 40.3 Å². The van der Waals surface area contributed by atoms with E-state index in [1.54, 1.807) is 0 Å². The lowest BCUT2D eigenvalue weighted by Crippen LogP contribution is -2.60. The maximum atomic E-state index is 13.1. The number of carbonyl (C=O) groups excluding carboxylic acids is 1. The molecule has 0 aromatic heterocycles. The average molecular weight is 1130 g/mol. The number of ether oxygens (including phenoxy) is 2. The molecule has 466 valence electrons. The number of amides is 1. The second-order valence-corrected chi connectivity index (χ2v) is 22.9. The van der Waals surface area contributed by atoms with Crippen molar-refractivity contribution in [2.75, 3.05) is 13.2 Å². The van der Waals surface area contributed by atoms with Crippen molar-refractivity contribution < 1.29 is 39.8 Å². The lowest BCUT2D eigenvalue weighted by atomic mass is 9.99. The Labute approximate surface area is 497 Å². The van der Waals surface area contributed by atoms with Gasteiger partial charge in [-0.3, -0.25) is 4.79 Å². The molecule has 1 rings (SSSR count). The Morgan fingerprint density at radius 2 is 0.753 bits per heavy atom. The molecular formula is C72H125NO8. The van der Waals surface area contributed by atoms with Gasteiger partial charge in [0.1, 0.15) is 24.4 Å². The van der Waals surface area contributed by atoms with Crippen molar-refractivity contribution in [2.24, 2.45) is 0 Å². The zero-order valence-corrected chi connectivity index (χ0v) is 52.0. The molecule has 0 saturated carbocycles. The van der Waals surface area contributed by atoms with Crippen molar-refractivity contribution in [1.82, 2.24) is 5.32 Å². The fourth-order valence-electron chi connectivity index (χ4n) is 10.2. The Morgan fingerprint density at radius 1 is 0.432 bits per heavy atom. The third-order valence-corrected chi connectivity index (χ3v) is 15.4. The van der Waals surface area contributed by atoms with E-state index in [0.29, 0.717) is 12.8 Å². The predicted molar refractivity (Wildman–Crippen MR) is 345 cm³/mol. The quantitative estimate of drug-likeness (QED) is 0.0261. The van der Waals surface area contributed by atoms with Crippen molar-refractivity contribution in [1.29, 1.82) is 0 Å². The van der Waals surface area contributed by atoms with Crippen LogP contribution in [0.1, 0.15) is 284 Å². The molecule has 7 unspecified atom stereocenters. The van der Waals surface area contributed by atoms with Gasteiger partial charge in [-0.15, -0.1) is 0 Å². The first-order valence-electron chi connectivity index (χ1n) is 33.6. The van der Waals surface area contributed by atoms with Crippen molar-refractivity contribution >= 4 is 5.91 Å².